The third-order valence-electron chi connectivity index (χ3n) is 3.31. The van der Waals surface area contributed by atoms with Crippen molar-refractivity contribution in [3.63, 3.8) is 0 Å². The molecule has 3 rings (SSSR count). The molecular weight excluding hydrogens is 190 g/mol. The predicted octanol–water partition coefficient (Wildman–Crippen LogP) is 1.08. The standard InChI is InChI=1S/C11H17N3O/c12-9-4-6-15-11(9)10-3-5-13-14(10)7-8-1-2-8/h3,5,8-9,11H,1-2,4,6-7,12H2/t9-,11-/m1/s1. The summed E-state index contributed by atoms with van der Waals surface area (Å²) < 4.78 is 7.74. The highest BCUT2D eigenvalue weighted by atomic mass is 16.5. The molecule has 1 aromatic heterocycles. The van der Waals surface area contributed by atoms with E-state index in [0.717, 1.165) is 31.2 Å². The normalized spacial score (nSPS) is 31.0. The average molecular weight is 207 g/mol. The minimum Gasteiger partial charge on any atom is -0.370 e. The number of hydrogen-bond donors (Lipinski definition) is 1. The minimum absolute atomic E-state index is 0.0613. The van der Waals surface area contributed by atoms with Crippen molar-refractivity contribution in [1.82, 2.24) is 9.78 Å². The lowest BCUT2D eigenvalue weighted by molar-refractivity contribution is 0.0970. The number of ether oxygens (including phenoxy) is 1. The molecule has 2 fully saturated rings. The van der Waals surface area contributed by atoms with Crippen molar-refractivity contribution in [2.45, 2.75) is 38.0 Å². The van der Waals surface area contributed by atoms with Crippen LogP contribution < -0.4 is 5.73 Å². The van der Waals surface area contributed by atoms with Gasteiger partial charge in [-0.3, -0.25) is 4.68 Å². The molecule has 1 aliphatic carbocycles. The third kappa shape index (κ3) is 1.79. The van der Waals surface area contributed by atoms with Gasteiger partial charge >= 0.3 is 0 Å². The van der Waals surface area contributed by atoms with Crippen molar-refractivity contribution in [1.29, 1.82) is 0 Å². The van der Waals surface area contributed by atoms with Crippen LogP contribution >= 0.6 is 0 Å². The van der Waals surface area contributed by atoms with Gasteiger partial charge in [0.15, 0.2) is 0 Å². The third-order valence-corrected chi connectivity index (χ3v) is 3.31. The van der Waals surface area contributed by atoms with Crippen molar-refractivity contribution >= 4 is 0 Å². The Labute approximate surface area is 89.4 Å². The maximum atomic E-state index is 6.02. The summed E-state index contributed by atoms with van der Waals surface area (Å²) in [7, 11) is 0. The highest BCUT2D eigenvalue weighted by Crippen LogP contribution is 2.33. The van der Waals surface area contributed by atoms with E-state index in [0.29, 0.717) is 0 Å². The lowest BCUT2D eigenvalue weighted by Crippen LogP contribution is -2.25. The largest absolute Gasteiger partial charge is 0.370 e. The fraction of sp³-hybridized carbons (Fsp3) is 0.727. The second-order valence-electron chi connectivity index (χ2n) is 4.63. The molecule has 2 aliphatic rings. The molecule has 0 radical (unpaired) electrons. The van der Waals surface area contributed by atoms with E-state index in [1.165, 1.54) is 12.8 Å². The molecule has 0 spiro atoms. The van der Waals surface area contributed by atoms with Gasteiger partial charge in [-0.15, -0.1) is 0 Å². The van der Waals surface area contributed by atoms with Crippen LogP contribution in [0.4, 0.5) is 0 Å². The Morgan fingerprint density at radius 3 is 3.00 bits per heavy atom. The summed E-state index contributed by atoms with van der Waals surface area (Å²) >= 11 is 0. The van der Waals surface area contributed by atoms with E-state index in [1.54, 1.807) is 0 Å². The first kappa shape index (κ1) is 9.36. The van der Waals surface area contributed by atoms with E-state index in [4.69, 9.17) is 10.5 Å². The van der Waals surface area contributed by atoms with Gasteiger partial charge in [-0.25, -0.2) is 0 Å². The van der Waals surface area contributed by atoms with Gasteiger partial charge in [-0.2, -0.15) is 5.10 Å². The van der Waals surface area contributed by atoms with Crippen LogP contribution in [0.2, 0.25) is 0 Å². The minimum atomic E-state index is 0.0613. The van der Waals surface area contributed by atoms with Crippen LogP contribution in [0.25, 0.3) is 0 Å². The molecule has 1 aliphatic heterocycles. The van der Waals surface area contributed by atoms with E-state index < -0.39 is 0 Å². The Morgan fingerprint density at radius 2 is 2.33 bits per heavy atom. The fourth-order valence-corrected chi connectivity index (χ4v) is 2.19. The summed E-state index contributed by atoms with van der Waals surface area (Å²) in [4.78, 5) is 0. The lowest BCUT2D eigenvalue weighted by atomic mass is 10.1. The summed E-state index contributed by atoms with van der Waals surface area (Å²) in [6, 6.07) is 2.18. The van der Waals surface area contributed by atoms with Crippen molar-refractivity contribution in [2.75, 3.05) is 6.61 Å². The molecule has 0 aromatic carbocycles. The van der Waals surface area contributed by atoms with Crippen molar-refractivity contribution < 1.29 is 4.74 Å². The molecule has 1 aromatic rings. The molecule has 4 heteroatoms. The second kappa shape index (κ2) is 3.61. The number of aromatic nitrogens is 2. The lowest BCUT2D eigenvalue weighted by Gasteiger charge is -2.16. The molecule has 82 valence electrons. The Kier molecular flexibility index (Phi) is 2.25. The maximum absolute atomic E-state index is 6.02. The van der Waals surface area contributed by atoms with Crippen molar-refractivity contribution in [3.05, 3.63) is 18.0 Å². The highest BCUT2D eigenvalue weighted by Gasteiger charge is 2.30. The number of nitrogens with zero attached hydrogens (tertiary/aromatic N) is 2. The molecule has 2 atom stereocenters. The Hall–Kier alpha value is -0.870. The zero-order chi connectivity index (χ0) is 10.3. The average Bonchev–Trinajstić information content (AvgIpc) is 2.74. The van der Waals surface area contributed by atoms with Gasteiger partial charge in [0.05, 0.1) is 5.69 Å². The highest BCUT2D eigenvalue weighted by molar-refractivity contribution is 5.09. The Balaban J connectivity index is 1.80. The SMILES string of the molecule is N[C@@H]1CCO[C@H]1c1ccnn1CC1CC1. The Bertz CT molecular complexity index is 345. The van der Waals surface area contributed by atoms with Crippen LogP contribution in [0.5, 0.6) is 0 Å². The zero-order valence-corrected chi connectivity index (χ0v) is 8.80. The van der Waals surface area contributed by atoms with Gasteiger partial charge in [-0.05, 0) is 31.2 Å². The van der Waals surface area contributed by atoms with Gasteiger partial charge < -0.3 is 10.5 Å². The van der Waals surface area contributed by atoms with Crippen LogP contribution in [-0.4, -0.2) is 22.4 Å². The van der Waals surface area contributed by atoms with Gasteiger partial charge in [0.1, 0.15) is 6.10 Å². The van der Waals surface area contributed by atoms with Gasteiger partial charge in [0.25, 0.3) is 0 Å². The molecule has 2 heterocycles. The molecule has 0 amide bonds. The quantitative estimate of drug-likeness (QED) is 0.807. The maximum Gasteiger partial charge on any atom is 0.114 e. The van der Waals surface area contributed by atoms with E-state index in [-0.39, 0.29) is 12.1 Å². The summed E-state index contributed by atoms with van der Waals surface area (Å²) in [6.45, 7) is 1.81. The molecular formula is C11H17N3O. The monoisotopic (exact) mass is 207 g/mol. The van der Waals surface area contributed by atoms with E-state index in [1.807, 2.05) is 12.3 Å². The molecule has 15 heavy (non-hydrogen) atoms. The van der Waals surface area contributed by atoms with Crippen LogP contribution in [0, 0.1) is 5.92 Å². The number of nitrogens with two attached hydrogens (primary N) is 1. The van der Waals surface area contributed by atoms with Gasteiger partial charge in [0, 0.05) is 25.4 Å². The van der Waals surface area contributed by atoms with Crippen LogP contribution in [-0.2, 0) is 11.3 Å². The summed E-state index contributed by atoms with van der Waals surface area (Å²) in [6.07, 6.45) is 5.56. The summed E-state index contributed by atoms with van der Waals surface area (Å²) in [5.74, 6) is 0.835. The van der Waals surface area contributed by atoms with Gasteiger partial charge in [-0.1, -0.05) is 0 Å². The zero-order valence-electron chi connectivity index (χ0n) is 8.80. The molecule has 0 unspecified atom stereocenters. The first-order valence-electron chi connectivity index (χ1n) is 5.73. The Morgan fingerprint density at radius 1 is 1.47 bits per heavy atom. The van der Waals surface area contributed by atoms with Crippen LogP contribution in [0.15, 0.2) is 12.3 Å². The second-order valence-corrected chi connectivity index (χ2v) is 4.63. The van der Waals surface area contributed by atoms with E-state index >= 15 is 0 Å². The first-order valence-corrected chi connectivity index (χ1v) is 5.73. The molecule has 4 nitrogen and oxygen atoms in total. The first-order chi connectivity index (χ1) is 7.34. The molecule has 0 bridgehead atoms. The number of rotatable bonds is 3. The van der Waals surface area contributed by atoms with Gasteiger partial charge in [0.2, 0.25) is 0 Å². The van der Waals surface area contributed by atoms with Crippen LogP contribution in [0.1, 0.15) is 31.1 Å². The smallest absolute Gasteiger partial charge is 0.114 e. The molecule has 1 saturated carbocycles. The summed E-state index contributed by atoms with van der Waals surface area (Å²) in [5, 5.41) is 4.36. The van der Waals surface area contributed by atoms with E-state index in [2.05, 4.69) is 9.78 Å². The molecule has 2 N–H and O–H groups in total. The fourth-order valence-electron chi connectivity index (χ4n) is 2.19. The topological polar surface area (TPSA) is 53.1 Å². The summed E-state index contributed by atoms with van der Waals surface area (Å²) in [5.41, 5.74) is 7.18. The van der Waals surface area contributed by atoms with E-state index in [9.17, 15) is 0 Å². The molecule has 1 saturated heterocycles. The van der Waals surface area contributed by atoms with Crippen molar-refractivity contribution in [2.24, 2.45) is 11.7 Å². The van der Waals surface area contributed by atoms with Crippen LogP contribution in [0.3, 0.4) is 0 Å². The van der Waals surface area contributed by atoms with Crippen molar-refractivity contribution in [3.8, 4) is 0 Å². The number of hydrogen-bond acceptors (Lipinski definition) is 3. The predicted molar refractivity (Wildman–Crippen MR) is 56.2 cm³/mol.